The third-order valence-electron chi connectivity index (χ3n) is 2.35. The molecule has 2 unspecified atom stereocenters. The lowest BCUT2D eigenvalue weighted by atomic mass is 10.0. The first-order chi connectivity index (χ1) is 7.65. The summed E-state index contributed by atoms with van der Waals surface area (Å²) in [5, 5.41) is 0. The maximum Gasteiger partial charge on any atom is 0.101 e. The van der Waals surface area contributed by atoms with Crippen LogP contribution in [-0.4, -0.2) is 12.6 Å². The van der Waals surface area contributed by atoms with E-state index in [9.17, 15) is 0 Å². The van der Waals surface area contributed by atoms with Gasteiger partial charge in [-0.3, -0.25) is 0 Å². The van der Waals surface area contributed by atoms with Crippen LogP contribution in [0.2, 0.25) is 0 Å². The monoisotopic (exact) mass is 219 g/mol. The van der Waals surface area contributed by atoms with Gasteiger partial charge in [0.25, 0.3) is 0 Å². The summed E-state index contributed by atoms with van der Waals surface area (Å²) in [6.45, 7) is 6.76. The summed E-state index contributed by atoms with van der Waals surface area (Å²) in [6.07, 6.45) is 1.99. The summed E-state index contributed by atoms with van der Waals surface area (Å²) in [7, 11) is 0. The number of benzene rings is 1. The topological polar surface area (TPSA) is 35.2 Å². The molecule has 0 aromatic heterocycles. The van der Waals surface area contributed by atoms with E-state index in [1.807, 2.05) is 45.0 Å². The molecule has 0 heterocycles. The largest absolute Gasteiger partial charge is 0.372 e. The molecule has 2 atom stereocenters. The van der Waals surface area contributed by atoms with Gasteiger partial charge in [-0.2, -0.15) is 0 Å². The fraction of sp³-hybridized carbons (Fsp3) is 0.429. The summed E-state index contributed by atoms with van der Waals surface area (Å²) in [5.74, 6) is 0. The summed E-state index contributed by atoms with van der Waals surface area (Å²) >= 11 is 0. The predicted octanol–water partition coefficient (Wildman–Crippen LogP) is 3.06. The smallest absolute Gasteiger partial charge is 0.101 e. The lowest BCUT2D eigenvalue weighted by Crippen LogP contribution is -2.28. The highest BCUT2D eigenvalue weighted by molar-refractivity contribution is 5.21. The van der Waals surface area contributed by atoms with Crippen molar-refractivity contribution in [3.63, 3.8) is 0 Å². The van der Waals surface area contributed by atoms with E-state index in [4.69, 9.17) is 10.5 Å². The SMILES string of the molecule is CCOC(c1ccccc1)C(N)C=C(C)C. The molecule has 0 aliphatic carbocycles. The quantitative estimate of drug-likeness (QED) is 0.772. The molecule has 0 radical (unpaired) electrons. The molecule has 16 heavy (non-hydrogen) atoms. The highest BCUT2D eigenvalue weighted by atomic mass is 16.5. The Bertz CT molecular complexity index is 328. The average Bonchev–Trinajstić information content (AvgIpc) is 2.26. The first kappa shape index (κ1) is 12.9. The second-order valence-corrected chi connectivity index (χ2v) is 4.11. The number of ether oxygens (including phenoxy) is 1. The zero-order valence-corrected chi connectivity index (χ0v) is 10.3. The van der Waals surface area contributed by atoms with Gasteiger partial charge in [0.15, 0.2) is 0 Å². The minimum atomic E-state index is -0.0904. The molecule has 0 aliphatic rings. The van der Waals surface area contributed by atoms with Crippen LogP contribution in [0.25, 0.3) is 0 Å². The van der Waals surface area contributed by atoms with Gasteiger partial charge < -0.3 is 10.5 Å². The summed E-state index contributed by atoms with van der Waals surface area (Å²) in [6, 6.07) is 10.0. The first-order valence-corrected chi connectivity index (χ1v) is 5.72. The van der Waals surface area contributed by atoms with E-state index in [0.717, 1.165) is 5.56 Å². The molecule has 0 saturated heterocycles. The van der Waals surface area contributed by atoms with Crippen molar-refractivity contribution >= 4 is 0 Å². The van der Waals surface area contributed by atoms with Crippen molar-refractivity contribution in [3.05, 3.63) is 47.5 Å². The summed E-state index contributed by atoms with van der Waals surface area (Å²) in [5.41, 5.74) is 8.49. The molecule has 2 N–H and O–H groups in total. The molecule has 88 valence electrons. The lowest BCUT2D eigenvalue weighted by Gasteiger charge is -2.22. The second-order valence-electron chi connectivity index (χ2n) is 4.11. The van der Waals surface area contributed by atoms with Gasteiger partial charge >= 0.3 is 0 Å². The summed E-state index contributed by atoms with van der Waals surface area (Å²) < 4.78 is 5.72. The van der Waals surface area contributed by atoms with E-state index in [2.05, 4.69) is 12.1 Å². The van der Waals surface area contributed by atoms with Gasteiger partial charge in [0.2, 0.25) is 0 Å². The van der Waals surface area contributed by atoms with Crippen LogP contribution in [0.15, 0.2) is 42.0 Å². The Kier molecular flexibility index (Phi) is 5.23. The Morgan fingerprint density at radius 2 is 1.94 bits per heavy atom. The van der Waals surface area contributed by atoms with Crippen molar-refractivity contribution in [3.8, 4) is 0 Å². The van der Waals surface area contributed by atoms with Crippen LogP contribution in [0.4, 0.5) is 0 Å². The van der Waals surface area contributed by atoms with Crippen LogP contribution in [0.5, 0.6) is 0 Å². The van der Waals surface area contributed by atoms with Crippen LogP contribution in [0.1, 0.15) is 32.4 Å². The maximum atomic E-state index is 6.14. The van der Waals surface area contributed by atoms with Crippen LogP contribution in [0, 0.1) is 0 Å². The Hall–Kier alpha value is -1.12. The fourth-order valence-corrected chi connectivity index (χ4v) is 1.72. The van der Waals surface area contributed by atoms with Gasteiger partial charge in [0.05, 0.1) is 6.04 Å². The minimum absolute atomic E-state index is 0.0545. The number of allylic oxidation sites excluding steroid dienone is 1. The normalized spacial score (nSPS) is 14.2. The third-order valence-corrected chi connectivity index (χ3v) is 2.35. The average molecular weight is 219 g/mol. The number of rotatable bonds is 5. The lowest BCUT2D eigenvalue weighted by molar-refractivity contribution is 0.0534. The Morgan fingerprint density at radius 3 is 2.44 bits per heavy atom. The number of hydrogen-bond acceptors (Lipinski definition) is 2. The molecule has 2 heteroatoms. The van der Waals surface area contributed by atoms with Crippen molar-refractivity contribution in [2.24, 2.45) is 5.73 Å². The van der Waals surface area contributed by atoms with Crippen molar-refractivity contribution in [2.45, 2.75) is 32.9 Å². The van der Waals surface area contributed by atoms with Crippen molar-refractivity contribution in [1.82, 2.24) is 0 Å². The van der Waals surface area contributed by atoms with Gasteiger partial charge in [0.1, 0.15) is 6.10 Å². The molecule has 0 amide bonds. The molecule has 1 rings (SSSR count). The van der Waals surface area contributed by atoms with Crippen LogP contribution in [-0.2, 0) is 4.74 Å². The van der Waals surface area contributed by atoms with Gasteiger partial charge in [-0.1, -0.05) is 42.0 Å². The van der Waals surface area contributed by atoms with E-state index in [1.54, 1.807) is 0 Å². The molecular weight excluding hydrogens is 198 g/mol. The van der Waals surface area contributed by atoms with E-state index in [-0.39, 0.29) is 12.1 Å². The van der Waals surface area contributed by atoms with Crippen molar-refractivity contribution < 1.29 is 4.74 Å². The molecule has 0 saturated carbocycles. The van der Waals surface area contributed by atoms with Crippen LogP contribution >= 0.6 is 0 Å². The minimum Gasteiger partial charge on any atom is -0.372 e. The highest BCUT2D eigenvalue weighted by Gasteiger charge is 2.17. The Labute approximate surface area is 98.1 Å². The predicted molar refractivity (Wildman–Crippen MR) is 68.2 cm³/mol. The van der Waals surface area contributed by atoms with Gasteiger partial charge in [0, 0.05) is 6.61 Å². The molecule has 2 nitrogen and oxygen atoms in total. The maximum absolute atomic E-state index is 6.14. The van der Waals surface area contributed by atoms with Crippen molar-refractivity contribution in [1.29, 1.82) is 0 Å². The van der Waals surface area contributed by atoms with E-state index in [0.29, 0.717) is 6.61 Å². The molecule has 0 aliphatic heterocycles. The molecular formula is C14H21NO. The molecule has 0 fully saturated rings. The van der Waals surface area contributed by atoms with Gasteiger partial charge in [-0.05, 0) is 26.3 Å². The van der Waals surface area contributed by atoms with E-state index >= 15 is 0 Å². The molecule has 1 aromatic rings. The molecule has 0 bridgehead atoms. The first-order valence-electron chi connectivity index (χ1n) is 5.72. The third kappa shape index (κ3) is 3.80. The van der Waals surface area contributed by atoms with E-state index < -0.39 is 0 Å². The zero-order chi connectivity index (χ0) is 12.0. The summed E-state index contributed by atoms with van der Waals surface area (Å²) in [4.78, 5) is 0. The Balaban J connectivity index is 2.87. The number of nitrogens with two attached hydrogens (primary N) is 1. The second kappa shape index (κ2) is 6.46. The fourth-order valence-electron chi connectivity index (χ4n) is 1.72. The van der Waals surface area contributed by atoms with Crippen molar-refractivity contribution in [2.75, 3.05) is 6.61 Å². The molecule has 0 spiro atoms. The van der Waals surface area contributed by atoms with E-state index in [1.165, 1.54) is 5.57 Å². The van der Waals surface area contributed by atoms with Gasteiger partial charge in [-0.25, -0.2) is 0 Å². The Morgan fingerprint density at radius 1 is 1.31 bits per heavy atom. The van der Waals surface area contributed by atoms with Crippen LogP contribution in [0.3, 0.4) is 0 Å². The standard InChI is InChI=1S/C14H21NO/c1-4-16-14(13(15)10-11(2)3)12-8-6-5-7-9-12/h5-10,13-14H,4,15H2,1-3H3. The van der Waals surface area contributed by atoms with Crippen LogP contribution < -0.4 is 5.73 Å². The molecule has 1 aromatic carbocycles. The zero-order valence-electron chi connectivity index (χ0n) is 10.3. The highest BCUT2D eigenvalue weighted by Crippen LogP contribution is 2.21. The van der Waals surface area contributed by atoms with Gasteiger partial charge in [-0.15, -0.1) is 0 Å². The number of hydrogen-bond donors (Lipinski definition) is 1.